The van der Waals surface area contributed by atoms with E-state index in [0.717, 1.165) is 0 Å². The van der Waals surface area contributed by atoms with Gasteiger partial charge in [-0.25, -0.2) is 17.8 Å². The van der Waals surface area contributed by atoms with Crippen LogP contribution in [0.5, 0.6) is 0 Å². The van der Waals surface area contributed by atoms with Crippen molar-refractivity contribution in [3.05, 3.63) is 0 Å². The van der Waals surface area contributed by atoms with E-state index in [2.05, 4.69) is 17.7 Å². The summed E-state index contributed by atoms with van der Waals surface area (Å²) in [5.74, 6) is 0. The molecule has 0 saturated carbocycles. The third-order valence-corrected chi connectivity index (χ3v) is 10.2. The van der Waals surface area contributed by atoms with Crippen LogP contribution < -0.4 is 9.79 Å². The van der Waals surface area contributed by atoms with E-state index in [-0.39, 0.29) is 0 Å². The van der Waals surface area contributed by atoms with Gasteiger partial charge in [0.25, 0.3) is 0 Å². The number of rotatable bonds is 11. The number of hydrogen-bond acceptors (Lipinski definition) is 16. The molecule has 2 saturated heterocycles. The van der Waals surface area contributed by atoms with Gasteiger partial charge in [0.1, 0.15) is 53.6 Å². The van der Waals surface area contributed by atoms with Crippen LogP contribution in [0.4, 0.5) is 0 Å². The summed E-state index contributed by atoms with van der Waals surface area (Å²) in [5.41, 5.74) is 0. The molecule has 0 aromatic carbocycles. The van der Waals surface area contributed by atoms with E-state index in [1.54, 1.807) is 0 Å². The Hall–Kier alpha value is 0.425. The van der Waals surface area contributed by atoms with Gasteiger partial charge in [0.2, 0.25) is 0 Å². The van der Waals surface area contributed by atoms with Crippen LogP contribution in [0.25, 0.3) is 0 Å². The predicted molar refractivity (Wildman–Crippen MR) is 118 cm³/mol. The monoisotopic (exact) mass is 620 g/mol. The average Bonchev–Trinajstić information content (AvgIpc) is 3.13. The van der Waals surface area contributed by atoms with E-state index >= 15 is 0 Å². The van der Waals surface area contributed by atoms with Crippen molar-refractivity contribution < 1.29 is 85.4 Å². The zero-order valence-corrected chi connectivity index (χ0v) is 23.3. The normalized spacial score (nSPS) is 38.5. The SMILES string of the molecule is C[C@@H]1O[C@H](COP(=O)(O)OP(C)(=O)[O-])C(O)[C@@H]1O.[B][C@@H]1O[C@H](COP(=O)(O)OP(=O)([O-])CC)C(O)C1O. The minimum absolute atomic E-state index is 0.479. The summed E-state index contributed by atoms with van der Waals surface area (Å²) in [6, 6.07) is -1.16. The molecule has 37 heavy (non-hydrogen) atoms. The second-order valence-corrected chi connectivity index (χ2v) is 15.0. The molecule has 23 heteroatoms. The van der Waals surface area contributed by atoms with Crippen LogP contribution in [-0.2, 0) is 45.4 Å². The molecule has 2 radical (unpaired) electrons. The predicted octanol–water partition coefficient (Wildman–Crippen LogP) is -2.88. The Bertz CT molecular complexity index is 930. The van der Waals surface area contributed by atoms with Crippen molar-refractivity contribution in [2.45, 2.75) is 62.6 Å². The van der Waals surface area contributed by atoms with Gasteiger partial charge in [0.05, 0.1) is 25.4 Å². The molecule has 7 unspecified atom stereocenters. The topological polar surface area (TPSA) is 291 Å². The van der Waals surface area contributed by atoms with E-state index in [0.29, 0.717) is 6.66 Å². The third kappa shape index (κ3) is 12.2. The Kier molecular flexibility index (Phi) is 13.3. The van der Waals surface area contributed by atoms with Gasteiger partial charge >= 0.3 is 15.6 Å². The highest BCUT2D eigenvalue weighted by Gasteiger charge is 2.42. The smallest absolute Gasteiger partial charge is 0.477 e. The van der Waals surface area contributed by atoms with E-state index < -0.39 is 98.9 Å². The standard InChI is InChI=1S/C7H15BO9P2.C7H16O9P2/c1-2-18(11,12)17-19(13,14)15-3-4-5(9)6(10)7(8)16-4;1-4-6(8)7(9)5(15-4)3-14-18(12,13)16-17(2,10)11/h4-7,9-10H,2-3H2,1H3,(H,11,12)(H,13,14);4-9H,3H2,1-2H3,(H,10,11)(H,12,13)/p-2/t4-,5?,6?,7-;4-,5+,6+,7?/m10/s1. The zero-order chi connectivity index (χ0) is 29.0. The minimum atomic E-state index is -4.84. The molecule has 2 fully saturated rings. The molecule has 0 aliphatic carbocycles. The lowest BCUT2D eigenvalue weighted by molar-refractivity contribution is -0.192. The molecule has 6 N–H and O–H groups in total. The highest BCUT2D eigenvalue weighted by atomic mass is 31.3. The highest BCUT2D eigenvalue weighted by Crippen LogP contribution is 2.57. The van der Waals surface area contributed by atoms with Crippen LogP contribution in [0, 0.1) is 0 Å². The Morgan fingerprint density at radius 1 is 0.811 bits per heavy atom. The number of aliphatic hydroxyl groups excluding tert-OH is 4. The third-order valence-electron chi connectivity index (χ3n) is 4.67. The van der Waals surface area contributed by atoms with Gasteiger partial charge in [-0.2, -0.15) is 0 Å². The molecule has 12 atom stereocenters. The van der Waals surface area contributed by atoms with Crippen molar-refractivity contribution in [1.29, 1.82) is 0 Å². The lowest BCUT2D eigenvalue weighted by Gasteiger charge is -2.24. The first kappa shape index (κ1) is 35.5. The second kappa shape index (κ2) is 13.9. The van der Waals surface area contributed by atoms with Crippen LogP contribution in [-0.4, -0.2) is 113 Å². The first-order chi connectivity index (χ1) is 16.6. The fourth-order valence-corrected chi connectivity index (χ4v) is 7.04. The summed E-state index contributed by atoms with van der Waals surface area (Å²) in [5, 5.41) is 37.6. The lowest BCUT2D eigenvalue weighted by Crippen LogP contribution is -2.34. The molecular formula is C14H29BO18P4-2. The molecule has 0 bridgehead atoms. The van der Waals surface area contributed by atoms with Crippen molar-refractivity contribution in [3.8, 4) is 0 Å². The first-order valence-corrected chi connectivity index (χ1v) is 17.1. The Labute approximate surface area is 213 Å². The number of phosphoric acid groups is 2. The maximum absolute atomic E-state index is 11.3. The van der Waals surface area contributed by atoms with Crippen LogP contribution in [0.1, 0.15) is 13.8 Å². The second-order valence-electron chi connectivity index (χ2n) is 7.87. The van der Waals surface area contributed by atoms with Crippen LogP contribution >= 0.6 is 30.8 Å². The molecule has 218 valence electrons. The molecule has 18 nitrogen and oxygen atoms in total. The Balaban J connectivity index is 0.000000371. The van der Waals surface area contributed by atoms with Crippen molar-refractivity contribution in [3.63, 3.8) is 0 Å². The fraction of sp³-hybridized carbons (Fsp3) is 1.00. The van der Waals surface area contributed by atoms with Crippen LogP contribution in [0.3, 0.4) is 0 Å². The fourth-order valence-electron chi connectivity index (χ4n) is 2.77. The van der Waals surface area contributed by atoms with Gasteiger partial charge in [0.15, 0.2) is 0 Å². The summed E-state index contributed by atoms with van der Waals surface area (Å²) in [6.07, 6.45) is -8.57. The number of hydrogen-bond donors (Lipinski definition) is 6. The van der Waals surface area contributed by atoms with Gasteiger partial charge in [-0.3, -0.25) is 9.05 Å². The summed E-state index contributed by atoms with van der Waals surface area (Å²) in [4.78, 5) is 40.0. The van der Waals surface area contributed by atoms with Crippen molar-refractivity contribution in [1.82, 2.24) is 0 Å². The molecule has 0 amide bonds. The van der Waals surface area contributed by atoms with E-state index in [1.165, 1.54) is 13.8 Å². The van der Waals surface area contributed by atoms with E-state index in [9.17, 15) is 48.5 Å². The lowest BCUT2D eigenvalue weighted by atomic mass is 9.93. The first-order valence-electron chi connectivity index (χ1n) is 10.3. The van der Waals surface area contributed by atoms with E-state index in [1.807, 2.05) is 0 Å². The molecule has 2 rings (SSSR count). The van der Waals surface area contributed by atoms with Crippen molar-refractivity contribution >= 4 is 38.7 Å². The summed E-state index contributed by atoms with van der Waals surface area (Å²) >= 11 is 0. The molecule has 2 aliphatic rings. The Morgan fingerprint density at radius 2 is 1.24 bits per heavy atom. The molecular weight excluding hydrogens is 591 g/mol. The maximum Gasteiger partial charge on any atom is 0.477 e. The van der Waals surface area contributed by atoms with Crippen LogP contribution in [0.15, 0.2) is 0 Å². The largest absolute Gasteiger partial charge is 0.778 e. The van der Waals surface area contributed by atoms with Crippen LogP contribution in [0.2, 0.25) is 0 Å². The average molecular weight is 620 g/mol. The van der Waals surface area contributed by atoms with Crippen molar-refractivity contribution in [2.75, 3.05) is 26.0 Å². The van der Waals surface area contributed by atoms with E-state index in [4.69, 9.17) is 27.1 Å². The molecule has 2 heterocycles. The molecule has 0 spiro atoms. The highest BCUT2D eigenvalue weighted by molar-refractivity contribution is 7.63. The summed E-state index contributed by atoms with van der Waals surface area (Å²) in [7, 11) is -13.2. The summed E-state index contributed by atoms with van der Waals surface area (Å²) < 4.78 is 70.7. The number of aliphatic hydroxyl groups is 4. The number of phosphoric ester groups is 2. The molecule has 2 aliphatic heterocycles. The van der Waals surface area contributed by atoms with Crippen molar-refractivity contribution in [2.24, 2.45) is 0 Å². The Morgan fingerprint density at radius 3 is 1.59 bits per heavy atom. The quantitative estimate of drug-likeness (QED) is 0.0999. The number of ether oxygens (including phenoxy) is 2. The maximum atomic E-state index is 11.3. The van der Waals surface area contributed by atoms with Gasteiger partial charge in [-0.15, -0.1) is 0 Å². The minimum Gasteiger partial charge on any atom is -0.778 e. The van der Waals surface area contributed by atoms with Gasteiger partial charge in [-0.05, 0) is 6.92 Å². The molecule has 0 aromatic rings. The van der Waals surface area contributed by atoms with Gasteiger partial charge in [-0.1, -0.05) is 6.92 Å². The van der Waals surface area contributed by atoms with Gasteiger partial charge < -0.3 is 58.6 Å². The molecule has 0 aromatic heterocycles. The summed E-state index contributed by atoms with van der Waals surface area (Å²) in [6.45, 7) is 2.10. The van der Waals surface area contributed by atoms with Gasteiger partial charge in [0, 0.05) is 18.8 Å². The zero-order valence-electron chi connectivity index (χ0n) is 19.7.